The summed E-state index contributed by atoms with van der Waals surface area (Å²) in [6.07, 6.45) is 2.66. The smallest absolute Gasteiger partial charge is 0.227 e. The van der Waals surface area contributed by atoms with Crippen molar-refractivity contribution in [2.45, 2.75) is 38.8 Å². The standard InChI is InChI=1S/C18H27N3O2.2ClH/c1-13-2-3-14(12-21-6-8-23-9-7-21)10-17(13)20-18(22)15-4-5-16(19)11-15;;/h2-3,10,15-16H,4-9,11-12,19H2,1H3,(H,20,22);2*1H. The molecule has 25 heavy (non-hydrogen) atoms. The molecule has 1 heterocycles. The highest BCUT2D eigenvalue weighted by molar-refractivity contribution is 5.93. The van der Waals surface area contributed by atoms with Crippen molar-refractivity contribution in [3.63, 3.8) is 0 Å². The van der Waals surface area contributed by atoms with E-state index in [1.54, 1.807) is 0 Å². The first-order chi connectivity index (χ1) is 11.1. The minimum Gasteiger partial charge on any atom is -0.379 e. The average Bonchev–Trinajstić information content (AvgIpc) is 2.98. The number of carbonyl (C=O) groups excluding carboxylic acids is 1. The number of benzene rings is 1. The molecule has 2 aliphatic rings. The summed E-state index contributed by atoms with van der Waals surface area (Å²) in [7, 11) is 0. The maximum Gasteiger partial charge on any atom is 0.227 e. The molecule has 142 valence electrons. The molecule has 1 aliphatic heterocycles. The van der Waals surface area contributed by atoms with Crippen LogP contribution in [0, 0.1) is 12.8 Å². The summed E-state index contributed by atoms with van der Waals surface area (Å²) >= 11 is 0. The minimum atomic E-state index is 0. The number of amides is 1. The SMILES string of the molecule is Cc1ccc(CN2CCOCC2)cc1NC(=O)C1CCC(N)C1.Cl.Cl. The van der Waals surface area contributed by atoms with Crippen LogP contribution < -0.4 is 11.1 Å². The fourth-order valence-electron chi connectivity index (χ4n) is 3.41. The van der Waals surface area contributed by atoms with Crippen molar-refractivity contribution >= 4 is 36.4 Å². The Labute approximate surface area is 162 Å². The van der Waals surface area contributed by atoms with E-state index in [2.05, 4.69) is 28.4 Å². The Morgan fingerprint density at radius 1 is 1.28 bits per heavy atom. The van der Waals surface area contributed by atoms with E-state index in [1.165, 1.54) is 5.56 Å². The van der Waals surface area contributed by atoms with Gasteiger partial charge in [-0.2, -0.15) is 0 Å². The van der Waals surface area contributed by atoms with Crippen molar-refractivity contribution < 1.29 is 9.53 Å². The number of nitrogens with zero attached hydrogens (tertiary/aromatic N) is 1. The number of halogens is 2. The molecule has 2 fully saturated rings. The van der Waals surface area contributed by atoms with Crippen LogP contribution in [0.25, 0.3) is 0 Å². The monoisotopic (exact) mass is 389 g/mol. The molecule has 0 spiro atoms. The summed E-state index contributed by atoms with van der Waals surface area (Å²) in [5.74, 6) is 0.178. The number of aryl methyl sites for hydroxylation is 1. The second-order valence-electron chi connectivity index (χ2n) is 6.80. The van der Waals surface area contributed by atoms with E-state index in [9.17, 15) is 4.79 Å². The number of carbonyl (C=O) groups is 1. The number of morpholine rings is 1. The van der Waals surface area contributed by atoms with Crippen LogP contribution in [0.15, 0.2) is 18.2 Å². The minimum absolute atomic E-state index is 0. The van der Waals surface area contributed by atoms with Gasteiger partial charge in [-0.1, -0.05) is 12.1 Å². The van der Waals surface area contributed by atoms with Gasteiger partial charge in [0.15, 0.2) is 0 Å². The number of hydrogen-bond donors (Lipinski definition) is 2. The Morgan fingerprint density at radius 3 is 2.64 bits per heavy atom. The van der Waals surface area contributed by atoms with E-state index in [4.69, 9.17) is 10.5 Å². The fourth-order valence-corrected chi connectivity index (χ4v) is 3.41. The van der Waals surface area contributed by atoms with Gasteiger partial charge in [-0.05, 0) is 43.4 Å². The van der Waals surface area contributed by atoms with E-state index in [0.717, 1.165) is 63.4 Å². The number of anilines is 1. The van der Waals surface area contributed by atoms with Crippen molar-refractivity contribution in [1.29, 1.82) is 0 Å². The molecule has 3 rings (SSSR count). The summed E-state index contributed by atoms with van der Waals surface area (Å²) in [5.41, 5.74) is 9.19. The van der Waals surface area contributed by atoms with Crippen molar-refractivity contribution in [2.24, 2.45) is 11.7 Å². The van der Waals surface area contributed by atoms with Crippen LogP contribution in [0.4, 0.5) is 5.69 Å². The van der Waals surface area contributed by atoms with Gasteiger partial charge in [0, 0.05) is 37.3 Å². The predicted octanol–water partition coefficient (Wildman–Crippen LogP) is 2.74. The lowest BCUT2D eigenvalue weighted by molar-refractivity contribution is -0.119. The van der Waals surface area contributed by atoms with Crippen LogP contribution >= 0.6 is 24.8 Å². The molecule has 1 aromatic rings. The lowest BCUT2D eigenvalue weighted by Gasteiger charge is -2.26. The molecular weight excluding hydrogens is 361 g/mol. The topological polar surface area (TPSA) is 67.6 Å². The van der Waals surface area contributed by atoms with Gasteiger partial charge in [0.1, 0.15) is 0 Å². The van der Waals surface area contributed by atoms with Gasteiger partial charge < -0.3 is 15.8 Å². The molecule has 3 N–H and O–H groups in total. The lowest BCUT2D eigenvalue weighted by atomic mass is 10.1. The Bertz CT molecular complexity index is 565. The second-order valence-corrected chi connectivity index (χ2v) is 6.80. The third-order valence-electron chi connectivity index (χ3n) is 4.91. The predicted molar refractivity (Wildman–Crippen MR) is 106 cm³/mol. The molecule has 1 aromatic carbocycles. The summed E-state index contributed by atoms with van der Waals surface area (Å²) in [5, 5.41) is 3.11. The largest absolute Gasteiger partial charge is 0.379 e. The van der Waals surface area contributed by atoms with E-state index >= 15 is 0 Å². The first-order valence-electron chi connectivity index (χ1n) is 8.58. The maximum absolute atomic E-state index is 12.4. The number of nitrogens with two attached hydrogens (primary N) is 1. The zero-order valence-electron chi connectivity index (χ0n) is 14.7. The third kappa shape index (κ3) is 6.12. The van der Waals surface area contributed by atoms with Crippen LogP contribution in [0.2, 0.25) is 0 Å². The number of nitrogens with one attached hydrogen (secondary N) is 1. The Morgan fingerprint density at radius 2 is 2.00 bits per heavy atom. The molecule has 2 unspecified atom stereocenters. The lowest BCUT2D eigenvalue weighted by Crippen LogP contribution is -2.35. The molecule has 1 saturated carbocycles. The first-order valence-corrected chi connectivity index (χ1v) is 8.58. The fraction of sp³-hybridized carbons (Fsp3) is 0.611. The normalized spacial score (nSPS) is 23.4. The van der Waals surface area contributed by atoms with E-state index in [1.807, 2.05) is 6.92 Å². The zero-order chi connectivity index (χ0) is 16.2. The highest BCUT2D eigenvalue weighted by Crippen LogP contribution is 2.26. The van der Waals surface area contributed by atoms with Gasteiger partial charge in [-0.3, -0.25) is 9.69 Å². The highest BCUT2D eigenvalue weighted by atomic mass is 35.5. The number of rotatable bonds is 4. The Balaban J connectivity index is 0.00000156. The third-order valence-corrected chi connectivity index (χ3v) is 4.91. The van der Waals surface area contributed by atoms with E-state index in [0.29, 0.717) is 0 Å². The molecule has 1 saturated heterocycles. The molecule has 1 aliphatic carbocycles. The summed E-state index contributed by atoms with van der Waals surface area (Å²) in [4.78, 5) is 14.8. The van der Waals surface area contributed by atoms with Gasteiger partial charge in [-0.15, -0.1) is 24.8 Å². The van der Waals surface area contributed by atoms with E-state index < -0.39 is 0 Å². The Kier molecular flexibility index (Phi) is 9.17. The van der Waals surface area contributed by atoms with E-state index in [-0.39, 0.29) is 42.7 Å². The van der Waals surface area contributed by atoms with Gasteiger partial charge in [-0.25, -0.2) is 0 Å². The molecule has 1 amide bonds. The summed E-state index contributed by atoms with van der Waals surface area (Å²) < 4.78 is 5.39. The van der Waals surface area contributed by atoms with Crippen LogP contribution in [0.1, 0.15) is 30.4 Å². The summed E-state index contributed by atoms with van der Waals surface area (Å²) in [6, 6.07) is 6.52. The number of hydrogen-bond acceptors (Lipinski definition) is 4. The maximum atomic E-state index is 12.4. The molecule has 2 atom stereocenters. The number of ether oxygens (including phenoxy) is 1. The average molecular weight is 390 g/mol. The second kappa shape index (κ2) is 10.3. The molecule has 0 bridgehead atoms. The molecule has 7 heteroatoms. The van der Waals surface area contributed by atoms with Gasteiger partial charge in [0.2, 0.25) is 5.91 Å². The van der Waals surface area contributed by atoms with Crippen molar-refractivity contribution in [3.8, 4) is 0 Å². The van der Waals surface area contributed by atoms with Crippen molar-refractivity contribution in [1.82, 2.24) is 4.90 Å². The molecule has 0 radical (unpaired) electrons. The van der Waals surface area contributed by atoms with Crippen molar-refractivity contribution in [3.05, 3.63) is 29.3 Å². The van der Waals surface area contributed by atoms with Crippen LogP contribution in [-0.4, -0.2) is 43.2 Å². The first kappa shape index (κ1) is 22.2. The molecule has 5 nitrogen and oxygen atoms in total. The summed E-state index contributed by atoms with van der Waals surface area (Å²) in [6.45, 7) is 6.48. The van der Waals surface area contributed by atoms with Gasteiger partial charge in [0.25, 0.3) is 0 Å². The van der Waals surface area contributed by atoms with Crippen LogP contribution in [0.3, 0.4) is 0 Å². The molecular formula is C18H29Cl2N3O2. The van der Waals surface area contributed by atoms with Crippen LogP contribution in [0.5, 0.6) is 0 Å². The van der Waals surface area contributed by atoms with Gasteiger partial charge in [0.05, 0.1) is 13.2 Å². The quantitative estimate of drug-likeness (QED) is 0.830. The zero-order valence-corrected chi connectivity index (χ0v) is 16.3. The Hall–Kier alpha value is -0.850. The molecule has 0 aromatic heterocycles. The van der Waals surface area contributed by atoms with Crippen molar-refractivity contribution in [2.75, 3.05) is 31.6 Å². The van der Waals surface area contributed by atoms with Crippen LogP contribution in [-0.2, 0) is 16.1 Å². The highest BCUT2D eigenvalue weighted by Gasteiger charge is 2.28. The van der Waals surface area contributed by atoms with Gasteiger partial charge >= 0.3 is 0 Å².